The van der Waals surface area contributed by atoms with E-state index in [0.29, 0.717) is 0 Å². The average Bonchev–Trinajstić information content (AvgIpc) is 3.30. The van der Waals surface area contributed by atoms with Gasteiger partial charge in [0.25, 0.3) is 0 Å². The summed E-state index contributed by atoms with van der Waals surface area (Å²) in [5, 5.41) is 0. The Morgan fingerprint density at radius 3 is 2.55 bits per heavy atom. The predicted molar refractivity (Wildman–Crippen MR) is 77.1 cm³/mol. The number of hydrogen-bond acceptors (Lipinski definition) is 2. The Morgan fingerprint density at radius 1 is 1.10 bits per heavy atom. The molecule has 3 heteroatoms. The van der Waals surface area contributed by atoms with Gasteiger partial charge < -0.3 is 10.5 Å². The van der Waals surface area contributed by atoms with Crippen molar-refractivity contribution in [2.24, 2.45) is 11.7 Å². The first-order chi connectivity index (χ1) is 9.72. The Labute approximate surface area is 118 Å². The van der Waals surface area contributed by atoms with Crippen molar-refractivity contribution in [3.63, 3.8) is 0 Å². The first-order valence-corrected chi connectivity index (χ1v) is 6.96. The van der Waals surface area contributed by atoms with E-state index in [1.54, 1.807) is 12.1 Å². The zero-order chi connectivity index (χ0) is 13.9. The van der Waals surface area contributed by atoms with Gasteiger partial charge in [0, 0.05) is 0 Å². The van der Waals surface area contributed by atoms with Crippen molar-refractivity contribution < 1.29 is 9.13 Å². The molecule has 0 heterocycles. The van der Waals surface area contributed by atoms with Gasteiger partial charge in [0.1, 0.15) is 11.6 Å². The van der Waals surface area contributed by atoms with E-state index in [2.05, 4.69) is 0 Å². The molecule has 0 amide bonds. The second kappa shape index (κ2) is 5.63. The van der Waals surface area contributed by atoms with Crippen molar-refractivity contribution in [1.29, 1.82) is 0 Å². The minimum absolute atomic E-state index is 0.248. The number of nitrogens with two attached hydrogens (primary N) is 1. The largest absolute Gasteiger partial charge is 0.493 e. The van der Waals surface area contributed by atoms with E-state index < -0.39 is 0 Å². The summed E-state index contributed by atoms with van der Waals surface area (Å²) in [6.45, 7) is 0.787. The molecule has 1 fully saturated rings. The number of benzene rings is 2. The molecule has 2 aromatic rings. The standard InChI is InChI=1S/C17H18FNO/c18-15-8-6-13(7-9-15)17(19)14-2-1-3-16(10-14)20-11-12-4-5-12/h1-3,6-10,12,17H,4-5,11,19H2/t17-/m1/s1. The van der Waals surface area contributed by atoms with E-state index in [-0.39, 0.29) is 11.9 Å². The molecule has 104 valence electrons. The van der Waals surface area contributed by atoms with Crippen LogP contribution in [0.25, 0.3) is 0 Å². The quantitative estimate of drug-likeness (QED) is 0.900. The molecule has 3 rings (SSSR count). The van der Waals surface area contributed by atoms with Crippen LogP contribution in [0.4, 0.5) is 4.39 Å². The maximum absolute atomic E-state index is 12.9. The predicted octanol–water partition coefficient (Wildman–Crippen LogP) is 3.66. The van der Waals surface area contributed by atoms with Crippen LogP contribution in [-0.4, -0.2) is 6.61 Å². The molecule has 0 radical (unpaired) electrons. The zero-order valence-corrected chi connectivity index (χ0v) is 11.3. The third-order valence-corrected chi connectivity index (χ3v) is 3.63. The van der Waals surface area contributed by atoms with Crippen LogP contribution >= 0.6 is 0 Å². The second-order valence-electron chi connectivity index (χ2n) is 5.36. The van der Waals surface area contributed by atoms with Crippen LogP contribution in [0.3, 0.4) is 0 Å². The molecule has 20 heavy (non-hydrogen) atoms. The van der Waals surface area contributed by atoms with Crippen LogP contribution in [0.1, 0.15) is 30.0 Å². The molecule has 1 atom stereocenters. The number of halogens is 1. The first kappa shape index (κ1) is 13.1. The summed E-state index contributed by atoms with van der Waals surface area (Å²) in [6.07, 6.45) is 2.55. The maximum atomic E-state index is 12.9. The van der Waals surface area contributed by atoms with Crippen molar-refractivity contribution in [2.45, 2.75) is 18.9 Å². The summed E-state index contributed by atoms with van der Waals surface area (Å²) in [5.74, 6) is 1.33. The topological polar surface area (TPSA) is 35.2 Å². The fraction of sp³-hybridized carbons (Fsp3) is 0.294. The fourth-order valence-electron chi connectivity index (χ4n) is 2.16. The summed E-state index contributed by atoms with van der Waals surface area (Å²) < 4.78 is 18.7. The van der Waals surface area contributed by atoms with Gasteiger partial charge in [-0.25, -0.2) is 4.39 Å². The first-order valence-electron chi connectivity index (χ1n) is 6.96. The Morgan fingerprint density at radius 2 is 1.85 bits per heavy atom. The highest BCUT2D eigenvalue weighted by atomic mass is 19.1. The number of rotatable bonds is 5. The van der Waals surface area contributed by atoms with Crippen molar-refractivity contribution in [3.8, 4) is 5.75 Å². The number of hydrogen-bond donors (Lipinski definition) is 1. The lowest BCUT2D eigenvalue weighted by Crippen LogP contribution is -2.12. The Bertz CT molecular complexity index is 578. The van der Waals surface area contributed by atoms with Crippen molar-refractivity contribution in [1.82, 2.24) is 0 Å². The minimum atomic E-state index is -0.264. The molecular formula is C17H18FNO. The number of ether oxygens (including phenoxy) is 1. The molecule has 0 bridgehead atoms. The molecule has 2 aromatic carbocycles. The minimum Gasteiger partial charge on any atom is -0.493 e. The van der Waals surface area contributed by atoms with E-state index in [9.17, 15) is 4.39 Å². The third kappa shape index (κ3) is 3.17. The van der Waals surface area contributed by atoms with E-state index in [4.69, 9.17) is 10.5 Å². The molecule has 1 saturated carbocycles. The van der Waals surface area contributed by atoms with Gasteiger partial charge in [0.05, 0.1) is 12.6 Å². The summed E-state index contributed by atoms with van der Waals surface area (Å²) in [4.78, 5) is 0. The van der Waals surface area contributed by atoms with Gasteiger partial charge in [-0.2, -0.15) is 0 Å². The summed E-state index contributed by atoms with van der Waals surface area (Å²) >= 11 is 0. The van der Waals surface area contributed by atoms with Gasteiger partial charge in [-0.05, 0) is 54.2 Å². The van der Waals surface area contributed by atoms with Crippen LogP contribution < -0.4 is 10.5 Å². The lowest BCUT2D eigenvalue weighted by molar-refractivity contribution is 0.299. The Kier molecular flexibility index (Phi) is 3.70. The monoisotopic (exact) mass is 271 g/mol. The summed E-state index contributed by atoms with van der Waals surface area (Å²) in [6, 6.07) is 13.9. The lowest BCUT2D eigenvalue weighted by Gasteiger charge is -2.14. The molecule has 0 spiro atoms. The lowest BCUT2D eigenvalue weighted by atomic mass is 9.99. The van der Waals surface area contributed by atoms with Gasteiger partial charge in [0.15, 0.2) is 0 Å². The van der Waals surface area contributed by atoms with Gasteiger partial charge in [-0.1, -0.05) is 24.3 Å². The SMILES string of the molecule is N[C@H](c1ccc(F)cc1)c1cccc(OCC2CC2)c1. The molecule has 2 nitrogen and oxygen atoms in total. The fourth-order valence-corrected chi connectivity index (χ4v) is 2.16. The Balaban J connectivity index is 1.74. The molecule has 0 aromatic heterocycles. The normalized spacial score (nSPS) is 15.9. The van der Waals surface area contributed by atoms with Crippen LogP contribution in [0, 0.1) is 11.7 Å². The van der Waals surface area contributed by atoms with E-state index >= 15 is 0 Å². The smallest absolute Gasteiger partial charge is 0.123 e. The van der Waals surface area contributed by atoms with E-state index in [1.807, 2.05) is 24.3 Å². The molecular weight excluding hydrogens is 253 g/mol. The highest BCUT2D eigenvalue weighted by Gasteiger charge is 2.22. The molecule has 0 aliphatic heterocycles. The van der Waals surface area contributed by atoms with Crippen molar-refractivity contribution >= 4 is 0 Å². The molecule has 1 aliphatic rings. The molecule has 1 aliphatic carbocycles. The van der Waals surface area contributed by atoms with Crippen molar-refractivity contribution in [2.75, 3.05) is 6.61 Å². The van der Waals surface area contributed by atoms with Crippen LogP contribution in [0.15, 0.2) is 48.5 Å². The zero-order valence-electron chi connectivity index (χ0n) is 11.3. The van der Waals surface area contributed by atoms with Crippen molar-refractivity contribution in [3.05, 3.63) is 65.5 Å². The van der Waals surface area contributed by atoms with Crippen LogP contribution in [0.5, 0.6) is 5.75 Å². The van der Waals surface area contributed by atoms with Gasteiger partial charge in [0.2, 0.25) is 0 Å². The highest BCUT2D eigenvalue weighted by molar-refractivity contribution is 5.36. The molecule has 0 saturated heterocycles. The average molecular weight is 271 g/mol. The second-order valence-corrected chi connectivity index (χ2v) is 5.36. The summed E-state index contributed by atoms with van der Waals surface area (Å²) in [7, 11) is 0. The van der Waals surface area contributed by atoms with E-state index in [0.717, 1.165) is 29.4 Å². The van der Waals surface area contributed by atoms with Gasteiger partial charge >= 0.3 is 0 Å². The van der Waals surface area contributed by atoms with Crippen LogP contribution in [0.2, 0.25) is 0 Å². The summed E-state index contributed by atoms with van der Waals surface area (Å²) in [5.41, 5.74) is 8.10. The Hall–Kier alpha value is -1.87. The van der Waals surface area contributed by atoms with Gasteiger partial charge in [-0.15, -0.1) is 0 Å². The third-order valence-electron chi connectivity index (χ3n) is 3.63. The van der Waals surface area contributed by atoms with Gasteiger partial charge in [-0.3, -0.25) is 0 Å². The van der Waals surface area contributed by atoms with E-state index in [1.165, 1.54) is 25.0 Å². The highest BCUT2D eigenvalue weighted by Crippen LogP contribution is 2.30. The van der Waals surface area contributed by atoms with Crippen LogP contribution in [-0.2, 0) is 0 Å². The molecule has 2 N–H and O–H groups in total. The maximum Gasteiger partial charge on any atom is 0.123 e. The molecule has 0 unspecified atom stereocenters.